The molecule has 1 saturated heterocycles. The zero-order valence-electron chi connectivity index (χ0n) is 16.1. The monoisotopic (exact) mass is 375 g/mol. The van der Waals surface area contributed by atoms with E-state index in [-0.39, 0.29) is 5.91 Å². The number of rotatable bonds is 7. The van der Waals surface area contributed by atoms with Gasteiger partial charge < -0.3 is 4.74 Å². The molecule has 0 unspecified atom stereocenters. The van der Waals surface area contributed by atoms with Crippen LogP contribution in [0.25, 0.3) is 10.2 Å². The van der Waals surface area contributed by atoms with Gasteiger partial charge in [0.25, 0.3) is 0 Å². The first-order valence-corrected chi connectivity index (χ1v) is 10.4. The van der Waals surface area contributed by atoms with E-state index in [2.05, 4.69) is 37.8 Å². The molecule has 1 fully saturated rings. The van der Waals surface area contributed by atoms with Crippen LogP contribution in [0.5, 0.6) is 0 Å². The zero-order chi connectivity index (χ0) is 18.5. The molecule has 0 aliphatic carbocycles. The van der Waals surface area contributed by atoms with Gasteiger partial charge in [0.05, 0.1) is 23.4 Å². The predicted molar refractivity (Wildman–Crippen MR) is 108 cm³/mol. The number of amides is 1. The van der Waals surface area contributed by atoms with Crippen LogP contribution >= 0.6 is 11.3 Å². The van der Waals surface area contributed by atoms with Gasteiger partial charge in [-0.05, 0) is 43.9 Å². The first kappa shape index (κ1) is 19.3. The first-order valence-electron chi connectivity index (χ1n) is 9.57. The van der Waals surface area contributed by atoms with Gasteiger partial charge in [0.15, 0.2) is 5.13 Å². The van der Waals surface area contributed by atoms with Crippen molar-refractivity contribution in [3.05, 3.63) is 23.3 Å². The fourth-order valence-electron chi connectivity index (χ4n) is 3.28. The average Bonchev–Trinajstić information content (AvgIpc) is 3.07. The molecule has 3 rings (SSSR count). The quantitative estimate of drug-likeness (QED) is 0.739. The zero-order valence-corrected chi connectivity index (χ0v) is 16.9. The molecule has 26 heavy (non-hydrogen) atoms. The van der Waals surface area contributed by atoms with Gasteiger partial charge in [-0.3, -0.25) is 14.6 Å². The molecular formula is C20H29N3O2S. The Balaban J connectivity index is 1.75. The van der Waals surface area contributed by atoms with Gasteiger partial charge in [-0.25, -0.2) is 4.98 Å². The van der Waals surface area contributed by atoms with Crippen LogP contribution in [-0.2, 0) is 9.53 Å². The summed E-state index contributed by atoms with van der Waals surface area (Å²) in [5.74, 6) is 0.183. The van der Waals surface area contributed by atoms with E-state index in [0.29, 0.717) is 6.42 Å². The van der Waals surface area contributed by atoms with Gasteiger partial charge in [-0.15, -0.1) is 0 Å². The molecule has 2 aromatic rings. The highest BCUT2D eigenvalue weighted by atomic mass is 32.1. The maximum atomic E-state index is 12.7. The molecule has 142 valence electrons. The molecular weight excluding hydrogens is 346 g/mol. The Kier molecular flexibility index (Phi) is 6.62. The highest BCUT2D eigenvalue weighted by molar-refractivity contribution is 7.22. The van der Waals surface area contributed by atoms with Crippen molar-refractivity contribution in [2.24, 2.45) is 0 Å². The van der Waals surface area contributed by atoms with Gasteiger partial charge in [-0.2, -0.15) is 0 Å². The van der Waals surface area contributed by atoms with Crippen molar-refractivity contribution in [1.29, 1.82) is 0 Å². The maximum absolute atomic E-state index is 12.7. The lowest BCUT2D eigenvalue weighted by Gasteiger charge is -2.27. The van der Waals surface area contributed by atoms with Crippen LogP contribution in [-0.4, -0.2) is 55.2 Å². The normalized spacial score (nSPS) is 15.5. The van der Waals surface area contributed by atoms with Crippen molar-refractivity contribution in [2.75, 3.05) is 44.3 Å². The third-order valence-corrected chi connectivity index (χ3v) is 6.07. The van der Waals surface area contributed by atoms with E-state index in [4.69, 9.17) is 9.72 Å². The number of carbonyl (C=O) groups is 1. The summed E-state index contributed by atoms with van der Waals surface area (Å²) in [5.41, 5.74) is 3.49. The smallest absolute Gasteiger partial charge is 0.228 e. The lowest BCUT2D eigenvalue weighted by molar-refractivity contribution is -0.118. The third-order valence-electron chi connectivity index (χ3n) is 5.03. The Morgan fingerprint density at radius 1 is 1.31 bits per heavy atom. The van der Waals surface area contributed by atoms with Gasteiger partial charge in [0, 0.05) is 32.6 Å². The molecule has 1 aromatic heterocycles. The van der Waals surface area contributed by atoms with Crippen molar-refractivity contribution < 1.29 is 9.53 Å². The summed E-state index contributed by atoms with van der Waals surface area (Å²) in [4.78, 5) is 21.9. The highest BCUT2D eigenvalue weighted by Crippen LogP contribution is 2.32. The Morgan fingerprint density at radius 2 is 2.08 bits per heavy atom. The standard InChI is InChI=1S/C20H29N3O2S/c1-4-6-18(24)23(10-5-9-22-11-13-25-14-12-22)20-21-19-16(3)15(2)7-8-17(19)26-20/h7-8H,4-6,9-14H2,1-3H3. The fraction of sp³-hybridized carbons (Fsp3) is 0.600. The number of carbonyl (C=O) groups excluding carboxylic acids is 1. The molecule has 0 N–H and O–H groups in total. The van der Waals surface area contributed by atoms with Gasteiger partial charge in [0.2, 0.25) is 5.91 Å². The minimum atomic E-state index is 0.183. The Morgan fingerprint density at radius 3 is 2.81 bits per heavy atom. The Labute approximate surface area is 160 Å². The van der Waals surface area contributed by atoms with Crippen LogP contribution in [0.1, 0.15) is 37.3 Å². The third kappa shape index (κ3) is 4.42. The summed E-state index contributed by atoms with van der Waals surface area (Å²) in [7, 11) is 0. The number of fused-ring (bicyclic) bond motifs is 1. The number of aryl methyl sites for hydroxylation is 2. The molecule has 1 aliphatic heterocycles. The molecule has 0 radical (unpaired) electrons. The summed E-state index contributed by atoms with van der Waals surface area (Å²) >= 11 is 1.63. The topological polar surface area (TPSA) is 45.7 Å². The number of aromatic nitrogens is 1. The van der Waals surface area contributed by atoms with Gasteiger partial charge in [-0.1, -0.05) is 24.3 Å². The number of hydrogen-bond acceptors (Lipinski definition) is 5. The Hall–Kier alpha value is -1.50. The molecule has 2 heterocycles. The number of morpholine rings is 1. The van der Waals surface area contributed by atoms with E-state index in [9.17, 15) is 4.79 Å². The van der Waals surface area contributed by atoms with Crippen LogP contribution in [0.2, 0.25) is 0 Å². The summed E-state index contributed by atoms with van der Waals surface area (Å²) in [5, 5.41) is 0.842. The van der Waals surface area contributed by atoms with Crippen LogP contribution in [0, 0.1) is 13.8 Å². The largest absolute Gasteiger partial charge is 0.379 e. The van der Waals surface area contributed by atoms with Gasteiger partial charge in [0.1, 0.15) is 0 Å². The van der Waals surface area contributed by atoms with E-state index >= 15 is 0 Å². The number of ether oxygens (including phenoxy) is 1. The van der Waals surface area contributed by atoms with E-state index in [1.807, 2.05) is 4.90 Å². The molecule has 6 heteroatoms. The summed E-state index contributed by atoms with van der Waals surface area (Å²) in [6.07, 6.45) is 2.40. The summed E-state index contributed by atoms with van der Waals surface area (Å²) in [6.45, 7) is 11.6. The molecule has 5 nitrogen and oxygen atoms in total. The second-order valence-corrected chi connectivity index (χ2v) is 7.96. The Bertz CT molecular complexity index is 753. The van der Waals surface area contributed by atoms with Crippen LogP contribution in [0.3, 0.4) is 0 Å². The number of anilines is 1. The lowest BCUT2D eigenvalue weighted by Crippen LogP contribution is -2.39. The molecule has 1 aliphatic rings. The van der Waals surface area contributed by atoms with Crippen molar-refractivity contribution >= 4 is 32.6 Å². The van der Waals surface area contributed by atoms with E-state index in [1.54, 1.807) is 11.3 Å². The lowest BCUT2D eigenvalue weighted by atomic mass is 10.1. The number of benzene rings is 1. The van der Waals surface area contributed by atoms with Crippen molar-refractivity contribution in [3.63, 3.8) is 0 Å². The minimum absolute atomic E-state index is 0.183. The molecule has 0 bridgehead atoms. The predicted octanol–water partition coefficient (Wildman–Crippen LogP) is 3.77. The van der Waals surface area contributed by atoms with Crippen LogP contribution in [0.4, 0.5) is 5.13 Å². The van der Waals surface area contributed by atoms with Crippen molar-refractivity contribution in [1.82, 2.24) is 9.88 Å². The summed E-state index contributed by atoms with van der Waals surface area (Å²) < 4.78 is 6.56. The molecule has 0 atom stereocenters. The summed E-state index contributed by atoms with van der Waals surface area (Å²) in [6, 6.07) is 4.26. The number of thiazole rings is 1. The van der Waals surface area contributed by atoms with E-state index < -0.39 is 0 Å². The van der Waals surface area contributed by atoms with E-state index in [0.717, 1.165) is 67.6 Å². The van der Waals surface area contributed by atoms with E-state index in [1.165, 1.54) is 11.1 Å². The van der Waals surface area contributed by atoms with Crippen LogP contribution in [0.15, 0.2) is 12.1 Å². The molecule has 1 amide bonds. The van der Waals surface area contributed by atoms with Crippen molar-refractivity contribution in [3.8, 4) is 0 Å². The average molecular weight is 376 g/mol. The van der Waals surface area contributed by atoms with Gasteiger partial charge >= 0.3 is 0 Å². The second kappa shape index (κ2) is 8.93. The van der Waals surface area contributed by atoms with Crippen molar-refractivity contribution in [2.45, 2.75) is 40.0 Å². The first-order chi connectivity index (χ1) is 12.6. The molecule has 1 aromatic carbocycles. The number of hydrogen-bond donors (Lipinski definition) is 0. The highest BCUT2D eigenvalue weighted by Gasteiger charge is 2.20. The maximum Gasteiger partial charge on any atom is 0.228 e. The molecule has 0 saturated carbocycles. The minimum Gasteiger partial charge on any atom is -0.379 e. The SMILES string of the molecule is CCCC(=O)N(CCCN1CCOCC1)c1nc2c(C)c(C)ccc2s1. The molecule has 0 spiro atoms. The number of nitrogens with zero attached hydrogens (tertiary/aromatic N) is 3. The van der Waals surface area contributed by atoms with Crippen LogP contribution < -0.4 is 4.90 Å². The second-order valence-electron chi connectivity index (χ2n) is 6.95. The fourth-order valence-corrected chi connectivity index (χ4v) is 4.35.